The molecular formula is C20H16BrN3O4S. The van der Waals surface area contributed by atoms with E-state index in [0.29, 0.717) is 27.2 Å². The molecule has 0 radical (unpaired) electrons. The number of ether oxygens (including phenoxy) is 1. The van der Waals surface area contributed by atoms with Crippen LogP contribution in [0.25, 0.3) is 0 Å². The van der Waals surface area contributed by atoms with Crippen LogP contribution in [0.1, 0.15) is 20.9 Å². The number of furan rings is 1. The summed E-state index contributed by atoms with van der Waals surface area (Å²) in [6.45, 7) is 0. The topological polar surface area (TPSA) is 92.6 Å². The van der Waals surface area contributed by atoms with Gasteiger partial charge in [0.1, 0.15) is 5.75 Å². The summed E-state index contributed by atoms with van der Waals surface area (Å²) < 4.78 is 10.9. The number of carbonyl (C=O) groups excluding carboxylic acids is 2. The molecule has 0 aliphatic rings. The van der Waals surface area contributed by atoms with Gasteiger partial charge < -0.3 is 19.8 Å². The van der Waals surface area contributed by atoms with E-state index in [1.165, 1.54) is 6.26 Å². The van der Waals surface area contributed by atoms with Gasteiger partial charge in [0, 0.05) is 16.9 Å². The van der Waals surface area contributed by atoms with Gasteiger partial charge in [0.15, 0.2) is 10.9 Å². The number of anilines is 2. The first-order chi connectivity index (χ1) is 14.0. The summed E-state index contributed by atoms with van der Waals surface area (Å²) >= 11 is 8.55. The molecule has 0 fully saturated rings. The molecule has 7 nitrogen and oxygen atoms in total. The van der Waals surface area contributed by atoms with Gasteiger partial charge in [-0.2, -0.15) is 0 Å². The number of carbonyl (C=O) groups is 2. The Hall–Kier alpha value is -3.17. The monoisotopic (exact) mass is 473 g/mol. The van der Waals surface area contributed by atoms with Crippen molar-refractivity contribution < 1.29 is 18.7 Å². The molecule has 148 valence electrons. The number of nitrogens with one attached hydrogen (secondary N) is 3. The number of methoxy groups -OCH3 is 1. The van der Waals surface area contributed by atoms with Gasteiger partial charge in [0.25, 0.3) is 11.8 Å². The highest BCUT2D eigenvalue weighted by atomic mass is 79.9. The summed E-state index contributed by atoms with van der Waals surface area (Å²) in [5.74, 6) is 0.0914. The van der Waals surface area contributed by atoms with Crippen LogP contribution >= 0.6 is 28.1 Å². The minimum atomic E-state index is -0.367. The van der Waals surface area contributed by atoms with Gasteiger partial charge >= 0.3 is 0 Å². The third kappa shape index (κ3) is 5.43. The number of amides is 2. The molecule has 0 saturated carbocycles. The molecule has 3 aromatic rings. The first kappa shape index (κ1) is 20.6. The molecule has 0 atom stereocenters. The number of hydrogen-bond donors (Lipinski definition) is 3. The second kappa shape index (κ2) is 9.35. The van der Waals surface area contributed by atoms with E-state index >= 15 is 0 Å². The van der Waals surface area contributed by atoms with Crippen molar-refractivity contribution in [2.45, 2.75) is 0 Å². The maximum absolute atomic E-state index is 12.4. The maximum atomic E-state index is 12.4. The zero-order valence-corrected chi connectivity index (χ0v) is 17.6. The Kier molecular flexibility index (Phi) is 6.63. The van der Waals surface area contributed by atoms with Crippen molar-refractivity contribution in [3.8, 4) is 5.75 Å². The molecule has 3 rings (SSSR count). The third-order valence-corrected chi connectivity index (χ3v) is 4.59. The van der Waals surface area contributed by atoms with E-state index in [9.17, 15) is 9.59 Å². The molecule has 2 amide bonds. The van der Waals surface area contributed by atoms with Crippen molar-refractivity contribution in [2.75, 3.05) is 17.7 Å². The lowest BCUT2D eigenvalue weighted by Crippen LogP contribution is -2.34. The third-order valence-electron chi connectivity index (χ3n) is 3.76. The van der Waals surface area contributed by atoms with E-state index in [-0.39, 0.29) is 22.7 Å². The summed E-state index contributed by atoms with van der Waals surface area (Å²) in [4.78, 5) is 24.4. The van der Waals surface area contributed by atoms with Crippen molar-refractivity contribution in [3.05, 3.63) is 76.7 Å². The quantitative estimate of drug-likeness (QED) is 0.474. The summed E-state index contributed by atoms with van der Waals surface area (Å²) in [7, 11) is 1.55. The fourth-order valence-corrected chi connectivity index (χ4v) is 3.17. The van der Waals surface area contributed by atoms with Crippen LogP contribution < -0.4 is 20.7 Å². The second-order valence-corrected chi connectivity index (χ2v) is 7.03. The van der Waals surface area contributed by atoms with E-state index in [0.717, 1.165) is 0 Å². The van der Waals surface area contributed by atoms with Crippen molar-refractivity contribution in [1.29, 1.82) is 0 Å². The summed E-state index contributed by atoms with van der Waals surface area (Å²) in [6, 6.07) is 15.1. The normalized spacial score (nSPS) is 10.1. The number of halogens is 1. The molecule has 1 heterocycles. The van der Waals surface area contributed by atoms with Crippen molar-refractivity contribution in [2.24, 2.45) is 0 Å². The molecule has 0 aliphatic carbocycles. The lowest BCUT2D eigenvalue weighted by atomic mass is 10.2. The standard InChI is InChI=1S/C20H16BrN3O4S/c1-27-16-8-7-12(10-15(16)21)18(25)24-20(29)23-14-5-2-4-13(11-14)22-19(26)17-6-3-9-28-17/h2-11H,1H3,(H,22,26)(H2,23,24,25,29). The van der Waals surface area contributed by atoms with E-state index in [4.69, 9.17) is 21.4 Å². The van der Waals surface area contributed by atoms with E-state index < -0.39 is 0 Å². The van der Waals surface area contributed by atoms with Gasteiger partial charge in [-0.1, -0.05) is 6.07 Å². The summed E-state index contributed by atoms with van der Waals surface area (Å²) in [5, 5.41) is 8.37. The first-order valence-electron chi connectivity index (χ1n) is 8.37. The molecule has 2 aromatic carbocycles. The van der Waals surface area contributed by atoms with Crippen LogP contribution in [0.5, 0.6) is 5.75 Å². The van der Waals surface area contributed by atoms with Crippen molar-refractivity contribution in [1.82, 2.24) is 5.32 Å². The molecule has 0 aliphatic heterocycles. The van der Waals surface area contributed by atoms with Crippen molar-refractivity contribution >= 4 is 56.4 Å². The van der Waals surface area contributed by atoms with E-state index in [2.05, 4.69) is 31.9 Å². The predicted octanol–water partition coefficient (Wildman–Crippen LogP) is 4.43. The van der Waals surface area contributed by atoms with Crippen molar-refractivity contribution in [3.63, 3.8) is 0 Å². The van der Waals surface area contributed by atoms with Crippen LogP contribution in [-0.4, -0.2) is 24.0 Å². The lowest BCUT2D eigenvalue weighted by molar-refractivity contribution is 0.0975. The Balaban J connectivity index is 1.61. The number of rotatable bonds is 5. The van der Waals surface area contributed by atoms with Crippen LogP contribution in [0.4, 0.5) is 11.4 Å². The Labute approximate surface area is 180 Å². The van der Waals surface area contributed by atoms with Gasteiger partial charge in [-0.15, -0.1) is 0 Å². The number of thiocarbonyl (C=S) groups is 1. The zero-order valence-electron chi connectivity index (χ0n) is 15.2. The summed E-state index contributed by atoms with van der Waals surface area (Å²) in [6.07, 6.45) is 1.43. The highest BCUT2D eigenvalue weighted by molar-refractivity contribution is 9.10. The van der Waals surface area contributed by atoms with Gasteiger partial charge in [-0.05, 0) is 76.7 Å². The maximum Gasteiger partial charge on any atom is 0.291 e. The fraction of sp³-hybridized carbons (Fsp3) is 0.0500. The van der Waals surface area contributed by atoms with E-state index in [1.807, 2.05) is 0 Å². The van der Waals surface area contributed by atoms with Gasteiger partial charge in [0.05, 0.1) is 17.8 Å². The largest absolute Gasteiger partial charge is 0.496 e. The average Bonchev–Trinajstić information content (AvgIpc) is 3.23. The van der Waals surface area contributed by atoms with Crippen LogP contribution in [0, 0.1) is 0 Å². The van der Waals surface area contributed by atoms with Crippen LogP contribution in [0.3, 0.4) is 0 Å². The number of benzene rings is 2. The Morgan fingerprint density at radius 3 is 2.41 bits per heavy atom. The molecule has 0 bridgehead atoms. The fourth-order valence-electron chi connectivity index (χ4n) is 2.42. The first-order valence-corrected chi connectivity index (χ1v) is 9.57. The van der Waals surface area contributed by atoms with Gasteiger partial charge in [-0.3, -0.25) is 14.9 Å². The molecule has 3 N–H and O–H groups in total. The number of hydrogen-bond acceptors (Lipinski definition) is 5. The summed E-state index contributed by atoms with van der Waals surface area (Å²) in [5.41, 5.74) is 1.56. The smallest absolute Gasteiger partial charge is 0.291 e. The lowest BCUT2D eigenvalue weighted by Gasteiger charge is -2.12. The van der Waals surface area contributed by atoms with Gasteiger partial charge in [0.2, 0.25) is 0 Å². The minimum Gasteiger partial charge on any atom is -0.496 e. The minimum absolute atomic E-state index is 0.122. The van der Waals surface area contributed by atoms with Crippen LogP contribution in [0.2, 0.25) is 0 Å². The predicted molar refractivity (Wildman–Crippen MR) is 117 cm³/mol. The second-order valence-electron chi connectivity index (χ2n) is 5.77. The Morgan fingerprint density at radius 2 is 1.76 bits per heavy atom. The molecular weight excluding hydrogens is 458 g/mol. The SMILES string of the molecule is COc1ccc(C(=O)NC(=S)Nc2cccc(NC(=O)c3ccco3)c2)cc1Br. The molecule has 9 heteroatoms. The zero-order chi connectivity index (χ0) is 20.8. The molecule has 29 heavy (non-hydrogen) atoms. The Bertz CT molecular complexity index is 1050. The van der Waals surface area contributed by atoms with Gasteiger partial charge in [-0.25, -0.2) is 0 Å². The highest BCUT2D eigenvalue weighted by Gasteiger charge is 2.12. The van der Waals surface area contributed by atoms with E-state index in [1.54, 1.807) is 61.7 Å². The molecule has 0 unspecified atom stereocenters. The molecule has 0 spiro atoms. The Morgan fingerprint density at radius 1 is 1.00 bits per heavy atom. The molecule has 0 saturated heterocycles. The average molecular weight is 474 g/mol. The highest BCUT2D eigenvalue weighted by Crippen LogP contribution is 2.25. The van der Waals surface area contributed by atoms with Crippen LogP contribution in [0.15, 0.2) is 69.8 Å². The van der Waals surface area contributed by atoms with Crippen LogP contribution in [-0.2, 0) is 0 Å². The molecule has 1 aromatic heterocycles.